The van der Waals surface area contributed by atoms with Crippen LogP contribution in [-0.2, 0) is 14.3 Å². The number of carbonyl (C=O) groups excluding carboxylic acids is 1. The molecular weight excluding hydrogens is 344 g/mol. The van der Waals surface area contributed by atoms with Crippen LogP contribution in [0, 0.1) is 33.5 Å². The summed E-state index contributed by atoms with van der Waals surface area (Å²) in [6.45, 7) is 8.93. The van der Waals surface area contributed by atoms with Crippen LogP contribution in [0.5, 0.6) is 0 Å². The van der Waals surface area contributed by atoms with Crippen molar-refractivity contribution in [1.82, 2.24) is 0 Å². The molecule has 1 N–H and O–H groups in total. The van der Waals surface area contributed by atoms with Crippen LogP contribution >= 0.6 is 0 Å². The maximum Gasteiger partial charge on any atom is 0.336 e. The molecule has 0 spiro atoms. The topological polar surface area (TPSA) is 91.9 Å². The Balaban J connectivity index is 1.77. The molecule has 0 aromatic rings. The van der Waals surface area contributed by atoms with E-state index in [-0.39, 0.29) is 34.4 Å². The summed E-state index contributed by atoms with van der Waals surface area (Å²) in [4.78, 5) is 12.1. The van der Waals surface area contributed by atoms with E-state index in [9.17, 15) is 15.3 Å². The molecule has 2 aliphatic carbocycles. The number of ether oxygens (including phenoxy) is 2. The summed E-state index contributed by atoms with van der Waals surface area (Å²) in [6, 6.07) is 2.47. The summed E-state index contributed by atoms with van der Waals surface area (Å²) in [5.41, 5.74) is -0.264. The van der Waals surface area contributed by atoms with Crippen LogP contribution < -0.4 is 0 Å². The fraction of sp³-hybridized carbons (Fsp3) is 0.762. The third kappa shape index (κ3) is 2.09. The SMILES string of the molecule is C[C@@]12C[C@@H](C3=CCOC3=O)O[C@]1(C)CC[C@@H]1[C@](C)(C#N)/C(=N/O)CC[C@]12C. The van der Waals surface area contributed by atoms with Gasteiger partial charge < -0.3 is 14.7 Å². The van der Waals surface area contributed by atoms with Crippen LogP contribution in [0.4, 0.5) is 0 Å². The summed E-state index contributed by atoms with van der Waals surface area (Å²) in [5, 5.41) is 23.0. The monoisotopic (exact) mass is 372 g/mol. The maximum absolute atomic E-state index is 12.1. The molecule has 27 heavy (non-hydrogen) atoms. The van der Waals surface area contributed by atoms with Gasteiger partial charge in [-0.1, -0.05) is 19.0 Å². The number of esters is 1. The number of oxime groups is 1. The molecule has 146 valence electrons. The lowest BCUT2D eigenvalue weighted by molar-refractivity contribution is -0.180. The summed E-state index contributed by atoms with van der Waals surface area (Å²) in [7, 11) is 0. The number of carbonyl (C=O) groups is 1. The maximum atomic E-state index is 12.1. The predicted molar refractivity (Wildman–Crippen MR) is 98.1 cm³/mol. The summed E-state index contributed by atoms with van der Waals surface area (Å²) in [5.74, 6) is -0.188. The Hall–Kier alpha value is -1.87. The molecule has 2 saturated carbocycles. The van der Waals surface area contributed by atoms with E-state index >= 15 is 0 Å². The Morgan fingerprint density at radius 1 is 1.30 bits per heavy atom. The first-order chi connectivity index (χ1) is 12.6. The number of fused-ring (bicyclic) bond motifs is 3. The molecule has 2 aliphatic heterocycles. The smallest absolute Gasteiger partial charge is 0.336 e. The second kappa shape index (κ2) is 5.57. The van der Waals surface area contributed by atoms with Gasteiger partial charge in [0.05, 0.1) is 34.5 Å². The summed E-state index contributed by atoms with van der Waals surface area (Å²) < 4.78 is 11.7. The van der Waals surface area contributed by atoms with Gasteiger partial charge in [-0.25, -0.2) is 4.79 Å². The number of rotatable bonds is 1. The van der Waals surface area contributed by atoms with Crippen LogP contribution in [0.1, 0.15) is 59.8 Å². The first kappa shape index (κ1) is 18.5. The highest BCUT2D eigenvalue weighted by atomic mass is 16.5. The Kier molecular flexibility index (Phi) is 3.82. The lowest BCUT2D eigenvalue weighted by Gasteiger charge is -2.64. The van der Waals surface area contributed by atoms with E-state index in [4.69, 9.17) is 9.47 Å². The highest BCUT2D eigenvalue weighted by Crippen LogP contribution is 2.71. The van der Waals surface area contributed by atoms with E-state index in [1.54, 1.807) is 0 Å². The minimum Gasteiger partial charge on any atom is -0.458 e. The van der Waals surface area contributed by atoms with Gasteiger partial charge in [0, 0.05) is 5.41 Å². The standard InChI is InChI=1S/C21H28N2O4/c1-18(12-22)15-5-9-21(4)20(3,19(15,2)8-6-16(18)23-25)11-14(27-21)13-7-10-26-17(13)24/h7,14-15,25H,5-6,8-11H2,1-4H3/b23-16+/t14-,15+,18-,19+,20-,21+/m0/s1. The number of cyclic esters (lactones) is 1. The quantitative estimate of drug-likeness (QED) is 0.431. The van der Waals surface area contributed by atoms with E-state index in [1.165, 1.54) is 0 Å². The fourth-order valence-electron chi connectivity index (χ4n) is 6.69. The Morgan fingerprint density at radius 2 is 2.04 bits per heavy atom. The van der Waals surface area contributed by atoms with Crippen molar-refractivity contribution in [2.24, 2.45) is 27.3 Å². The van der Waals surface area contributed by atoms with Gasteiger partial charge in [0.1, 0.15) is 6.61 Å². The number of hydrogen-bond acceptors (Lipinski definition) is 6. The number of hydrogen-bond donors (Lipinski definition) is 1. The Morgan fingerprint density at radius 3 is 2.63 bits per heavy atom. The van der Waals surface area contributed by atoms with Gasteiger partial charge in [-0.05, 0) is 63.4 Å². The van der Waals surface area contributed by atoms with Crippen molar-refractivity contribution in [3.63, 3.8) is 0 Å². The fourth-order valence-corrected chi connectivity index (χ4v) is 6.69. The van der Waals surface area contributed by atoms with E-state index in [2.05, 4.69) is 32.0 Å². The van der Waals surface area contributed by atoms with Crippen LogP contribution in [0.25, 0.3) is 0 Å². The van der Waals surface area contributed by atoms with Crippen molar-refractivity contribution in [1.29, 1.82) is 5.26 Å². The van der Waals surface area contributed by atoms with E-state index < -0.39 is 5.41 Å². The molecule has 0 radical (unpaired) electrons. The Labute approximate surface area is 160 Å². The highest BCUT2D eigenvalue weighted by molar-refractivity contribution is 5.93. The number of nitriles is 1. The average molecular weight is 372 g/mol. The summed E-state index contributed by atoms with van der Waals surface area (Å²) in [6.07, 6.45) is 5.43. The first-order valence-electron chi connectivity index (χ1n) is 9.83. The second-order valence-corrected chi connectivity index (χ2v) is 9.50. The zero-order valence-electron chi connectivity index (χ0n) is 16.5. The molecule has 2 heterocycles. The molecule has 0 amide bonds. The van der Waals surface area contributed by atoms with Crippen LogP contribution in [0.3, 0.4) is 0 Å². The van der Waals surface area contributed by atoms with Gasteiger partial charge in [0.15, 0.2) is 0 Å². The molecule has 0 unspecified atom stereocenters. The van der Waals surface area contributed by atoms with Crippen molar-refractivity contribution in [2.45, 2.75) is 71.5 Å². The predicted octanol–water partition coefficient (Wildman–Crippen LogP) is 3.59. The van der Waals surface area contributed by atoms with Crippen molar-refractivity contribution in [3.8, 4) is 6.07 Å². The van der Waals surface area contributed by atoms with Crippen LogP contribution in [0.15, 0.2) is 16.8 Å². The van der Waals surface area contributed by atoms with Crippen molar-refractivity contribution in [3.05, 3.63) is 11.6 Å². The minimum atomic E-state index is -0.782. The molecule has 6 atom stereocenters. The molecule has 1 saturated heterocycles. The van der Waals surface area contributed by atoms with E-state index in [1.807, 2.05) is 13.0 Å². The third-order valence-corrected chi connectivity index (χ3v) is 8.73. The normalized spacial score (nSPS) is 50.6. The minimum absolute atomic E-state index is 0.0829. The van der Waals surface area contributed by atoms with Crippen LogP contribution in [0.2, 0.25) is 0 Å². The molecule has 6 nitrogen and oxygen atoms in total. The summed E-state index contributed by atoms with van der Waals surface area (Å²) >= 11 is 0. The molecule has 3 fully saturated rings. The molecule has 0 bridgehead atoms. The lowest BCUT2D eigenvalue weighted by Crippen LogP contribution is -2.63. The van der Waals surface area contributed by atoms with E-state index in [0.29, 0.717) is 24.3 Å². The Bertz CT molecular complexity index is 798. The van der Waals surface area contributed by atoms with Crippen molar-refractivity contribution < 1.29 is 19.5 Å². The van der Waals surface area contributed by atoms with Gasteiger partial charge in [-0.3, -0.25) is 0 Å². The molecule has 4 aliphatic rings. The van der Waals surface area contributed by atoms with Crippen molar-refractivity contribution in [2.75, 3.05) is 6.61 Å². The van der Waals surface area contributed by atoms with E-state index in [0.717, 1.165) is 25.7 Å². The zero-order chi connectivity index (χ0) is 19.7. The van der Waals surface area contributed by atoms with Gasteiger partial charge in [-0.2, -0.15) is 5.26 Å². The lowest BCUT2D eigenvalue weighted by atomic mass is 9.39. The van der Waals surface area contributed by atoms with Gasteiger partial charge in [0.2, 0.25) is 0 Å². The van der Waals surface area contributed by atoms with Crippen LogP contribution in [-0.4, -0.2) is 35.2 Å². The number of nitrogens with zero attached hydrogens (tertiary/aromatic N) is 2. The highest BCUT2D eigenvalue weighted by Gasteiger charge is 2.71. The first-order valence-corrected chi connectivity index (χ1v) is 9.83. The largest absolute Gasteiger partial charge is 0.458 e. The zero-order valence-corrected chi connectivity index (χ0v) is 16.5. The molecular formula is C21H28N2O4. The molecule has 6 heteroatoms. The van der Waals surface area contributed by atoms with Gasteiger partial charge in [0.25, 0.3) is 0 Å². The average Bonchev–Trinajstić information content (AvgIpc) is 3.17. The second-order valence-electron chi connectivity index (χ2n) is 9.50. The molecule has 0 aromatic carbocycles. The third-order valence-electron chi connectivity index (χ3n) is 8.73. The van der Waals surface area contributed by atoms with Gasteiger partial charge >= 0.3 is 5.97 Å². The van der Waals surface area contributed by atoms with Crippen molar-refractivity contribution >= 4 is 11.7 Å². The molecule has 4 rings (SSSR count). The molecule has 0 aromatic heterocycles. The van der Waals surface area contributed by atoms with Gasteiger partial charge in [-0.15, -0.1) is 0 Å².